The van der Waals surface area contributed by atoms with Gasteiger partial charge in [0.15, 0.2) is 0 Å². The van der Waals surface area contributed by atoms with Crippen molar-refractivity contribution in [3.05, 3.63) is 88.1 Å². The van der Waals surface area contributed by atoms with Crippen molar-refractivity contribution in [3.63, 3.8) is 0 Å². The Balaban J connectivity index is 1.66. The standard InChI is InChI=1S/C21H18N2S/c1-2-8-16(9-3-1)23-21(19-11-6-14-24-19)18-13-12-15-7-4-5-10-17(15)20(18)22-23/h1-11,14,18,21H,12-13H2/t18-,21+/m1/s1. The molecule has 0 amide bonds. The van der Waals surface area contributed by atoms with E-state index in [0.717, 1.165) is 6.42 Å². The highest BCUT2D eigenvalue weighted by molar-refractivity contribution is 7.10. The summed E-state index contributed by atoms with van der Waals surface area (Å²) in [6, 6.07) is 24.1. The van der Waals surface area contributed by atoms with E-state index in [9.17, 15) is 0 Å². The molecule has 3 heteroatoms. The van der Waals surface area contributed by atoms with Gasteiger partial charge in [0.05, 0.1) is 17.4 Å². The molecule has 1 aliphatic heterocycles. The molecule has 0 N–H and O–H groups in total. The lowest BCUT2D eigenvalue weighted by molar-refractivity contribution is 0.516. The summed E-state index contributed by atoms with van der Waals surface area (Å²) in [5.41, 5.74) is 5.22. The first-order valence-electron chi connectivity index (χ1n) is 8.46. The Bertz CT molecular complexity index is 883. The lowest BCUT2D eigenvalue weighted by Crippen LogP contribution is -2.28. The molecule has 1 aromatic heterocycles. The zero-order valence-electron chi connectivity index (χ0n) is 13.3. The van der Waals surface area contributed by atoms with Crippen LogP contribution in [0.2, 0.25) is 0 Å². The van der Waals surface area contributed by atoms with Crippen LogP contribution in [0.5, 0.6) is 0 Å². The van der Waals surface area contributed by atoms with Crippen molar-refractivity contribution >= 4 is 22.7 Å². The minimum atomic E-state index is 0.316. The van der Waals surface area contributed by atoms with Gasteiger partial charge in [0.25, 0.3) is 0 Å². The molecule has 2 aliphatic rings. The number of para-hydroxylation sites is 1. The van der Waals surface area contributed by atoms with Crippen LogP contribution < -0.4 is 5.01 Å². The average molecular weight is 330 g/mol. The molecule has 0 saturated carbocycles. The molecule has 0 radical (unpaired) electrons. The fraction of sp³-hybridized carbons (Fsp3) is 0.190. The quantitative estimate of drug-likeness (QED) is 0.624. The third kappa shape index (κ3) is 2.12. The van der Waals surface area contributed by atoms with Crippen molar-refractivity contribution in [1.29, 1.82) is 0 Å². The number of anilines is 1. The van der Waals surface area contributed by atoms with Crippen LogP contribution in [0.4, 0.5) is 5.69 Å². The molecule has 0 fully saturated rings. The van der Waals surface area contributed by atoms with Gasteiger partial charge in [-0.15, -0.1) is 11.3 Å². The molecule has 2 atom stereocenters. The monoisotopic (exact) mass is 330 g/mol. The molecular formula is C21H18N2S. The summed E-state index contributed by atoms with van der Waals surface area (Å²) in [4.78, 5) is 1.40. The molecule has 2 heterocycles. The first-order chi connectivity index (χ1) is 11.9. The van der Waals surface area contributed by atoms with Gasteiger partial charge >= 0.3 is 0 Å². The number of hydrazone groups is 1. The van der Waals surface area contributed by atoms with E-state index in [1.54, 1.807) is 0 Å². The molecule has 0 spiro atoms. The molecule has 1 aliphatic carbocycles. The van der Waals surface area contributed by atoms with E-state index in [4.69, 9.17) is 5.10 Å². The zero-order valence-corrected chi connectivity index (χ0v) is 14.1. The lowest BCUT2D eigenvalue weighted by Gasteiger charge is -2.29. The summed E-state index contributed by atoms with van der Waals surface area (Å²) in [5, 5.41) is 9.53. The van der Waals surface area contributed by atoms with E-state index < -0.39 is 0 Å². The van der Waals surface area contributed by atoms with E-state index in [1.165, 1.54) is 33.8 Å². The van der Waals surface area contributed by atoms with Crippen LogP contribution >= 0.6 is 11.3 Å². The summed E-state index contributed by atoms with van der Waals surface area (Å²) in [7, 11) is 0. The van der Waals surface area contributed by atoms with Crippen molar-refractivity contribution in [1.82, 2.24) is 0 Å². The maximum absolute atomic E-state index is 5.12. The number of fused-ring (bicyclic) bond motifs is 3. The molecule has 2 aromatic carbocycles. The average Bonchev–Trinajstić information content (AvgIpc) is 3.29. The minimum absolute atomic E-state index is 0.316. The first kappa shape index (κ1) is 14.0. The zero-order chi connectivity index (χ0) is 15.9. The summed E-state index contributed by atoms with van der Waals surface area (Å²) in [6.45, 7) is 0. The highest BCUT2D eigenvalue weighted by Crippen LogP contribution is 2.46. The van der Waals surface area contributed by atoms with Gasteiger partial charge in [-0.1, -0.05) is 48.5 Å². The third-order valence-corrected chi connectivity index (χ3v) is 6.03. The molecular weight excluding hydrogens is 312 g/mol. The molecule has 0 unspecified atom stereocenters. The molecule has 118 valence electrons. The van der Waals surface area contributed by atoms with Crippen LogP contribution in [0.3, 0.4) is 0 Å². The minimum Gasteiger partial charge on any atom is -0.256 e. The second-order valence-electron chi connectivity index (χ2n) is 6.43. The SMILES string of the molecule is c1ccc(N2N=C3c4ccccc4CC[C@H]3[C@H]2c2cccs2)cc1. The Morgan fingerprint density at radius 3 is 2.58 bits per heavy atom. The highest BCUT2D eigenvalue weighted by Gasteiger charge is 2.42. The summed E-state index contributed by atoms with van der Waals surface area (Å²) in [6.07, 6.45) is 2.31. The second-order valence-corrected chi connectivity index (χ2v) is 7.41. The molecule has 24 heavy (non-hydrogen) atoms. The van der Waals surface area contributed by atoms with Gasteiger partial charge in [0.2, 0.25) is 0 Å². The van der Waals surface area contributed by atoms with E-state index in [0.29, 0.717) is 12.0 Å². The van der Waals surface area contributed by atoms with E-state index in [-0.39, 0.29) is 0 Å². The predicted octanol–water partition coefficient (Wildman–Crippen LogP) is 5.28. The Labute approximate surface area is 146 Å². The number of benzene rings is 2. The molecule has 5 rings (SSSR count). The van der Waals surface area contributed by atoms with E-state index in [2.05, 4.69) is 77.1 Å². The van der Waals surface area contributed by atoms with Gasteiger partial charge in [-0.05, 0) is 42.0 Å². The number of nitrogens with zero attached hydrogens (tertiary/aromatic N) is 2. The van der Waals surface area contributed by atoms with Gasteiger partial charge in [0.1, 0.15) is 0 Å². The van der Waals surface area contributed by atoms with Crippen molar-refractivity contribution in [2.24, 2.45) is 11.0 Å². The van der Waals surface area contributed by atoms with E-state index in [1.807, 2.05) is 11.3 Å². The van der Waals surface area contributed by atoms with Crippen molar-refractivity contribution < 1.29 is 0 Å². The van der Waals surface area contributed by atoms with Crippen LogP contribution in [-0.2, 0) is 6.42 Å². The second kappa shape index (κ2) is 5.60. The van der Waals surface area contributed by atoms with Gasteiger partial charge in [-0.25, -0.2) is 0 Å². The normalized spacial score (nSPS) is 22.0. The largest absolute Gasteiger partial charge is 0.256 e. The van der Waals surface area contributed by atoms with E-state index >= 15 is 0 Å². The topological polar surface area (TPSA) is 15.6 Å². The maximum atomic E-state index is 5.12. The number of rotatable bonds is 2. The Morgan fingerprint density at radius 1 is 0.917 bits per heavy atom. The van der Waals surface area contributed by atoms with Crippen LogP contribution in [-0.4, -0.2) is 5.71 Å². The lowest BCUT2D eigenvalue weighted by atomic mass is 9.79. The molecule has 0 saturated heterocycles. The smallest absolute Gasteiger partial charge is 0.0951 e. The Morgan fingerprint density at radius 2 is 1.75 bits per heavy atom. The number of aryl methyl sites for hydroxylation is 1. The van der Waals surface area contributed by atoms with Gasteiger partial charge in [0, 0.05) is 16.4 Å². The molecule has 3 aromatic rings. The van der Waals surface area contributed by atoms with Crippen LogP contribution in [0.25, 0.3) is 0 Å². The fourth-order valence-corrected chi connectivity index (χ4v) is 4.87. The highest BCUT2D eigenvalue weighted by atomic mass is 32.1. The van der Waals surface area contributed by atoms with Gasteiger partial charge in [-0.3, -0.25) is 5.01 Å². The van der Waals surface area contributed by atoms with Gasteiger partial charge in [-0.2, -0.15) is 5.10 Å². The van der Waals surface area contributed by atoms with Crippen molar-refractivity contribution in [2.75, 3.05) is 5.01 Å². The number of thiophene rings is 1. The summed E-state index contributed by atoms with van der Waals surface area (Å²) >= 11 is 1.84. The number of hydrogen-bond acceptors (Lipinski definition) is 3. The van der Waals surface area contributed by atoms with Crippen LogP contribution in [0, 0.1) is 5.92 Å². The van der Waals surface area contributed by atoms with Gasteiger partial charge < -0.3 is 0 Å². The molecule has 0 bridgehead atoms. The van der Waals surface area contributed by atoms with Crippen molar-refractivity contribution in [2.45, 2.75) is 18.9 Å². The summed E-state index contributed by atoms with van der Waals surface area (Å²) in [5.74, 6) is 0.471. The fourth-order valence-electron chi connectivity index (χ4n) is 4.00. The van der Waals surface area contributed by atoms with Crippen LogP contribution in [0.15, 0.2) is 77.2 Å². The molecule has 2 nitrogen and oxygen atoms in total. The first-order valence-corrected chi connectivity index (χ1v) is 9.34. The maximum Gasteiger partial charge on any atom is 0.0951 e. The predicted molar refractivity (Wildman–Crippen MR) is 101 cm³/mol. The van der Waals surface area contributed by atoms with Crippen LogP contribution in [0.1, 0.15) is 28.5 Å². The number of hydrogen-bond donors (Lipinski definition) is 0. The Kier molecular flexibility index (Phi) is 3.27. The van der Waals surface area contributed by atoms with Crippen molar-refractivity contribution in [3.8, 4) is 0 Å². The Hall–Kier alpha value is -2.39. The summed E-state index contributed by atoms with van der Waals surface area (Å²) < 4.78 is 0. The third-order valence-electron chi connectivity index (χ3n) is 5.08.